The summed E-state index contributed by atoms with van der Waals surface area (Å²) in [5, 5.41) is 12.4. The number of fused-ring (bicyclic) bond motifs is 1. The van der Waals surface area contributed by atoms with Gasteiger partial charge in [0.05, 0.1) is 15.8 Å². The zero-order chi connectivity index (χ0) is 21.7. The standard InChI is InChI=1S/C22H25N3O4S/c1-25(2)11-5-8-19(26)24-15-7-4-6-14(12-15)20(29-3)18-13-17-21(30-18)16(22(27)28)9-10-23-17/h4,6-7,9-10,12-13,20H,5,8,11H2,1-3H3,(H,24,26)(H,27,28)/t20-/m0/s1. The molecule has 3 aromatic rings. The predicted octanol–water partition coefficient (Wildman–Crippen LogP) is 4.01. The molecular formula is C22H25N3O4S. The van der Waals surface area contributed by atoms with Gasteiger partial charge in [-0.2, -0.15) is 0 Å². The molecule has 1 aromatic carbocycles. The Bertz CT molecular complexity index is 1050. The second kappa shape index (κ2) is 9.80. The number of benzene rings is 1. The van der Waals surface area contributed by atoms with E-state index in [1.54, 1.807) is 7.11 Å². The SMILES string of the molecule is CO[C@@H](c1cccc(NC(=O)CCCN(C)C)c1)c1cc2nccc(C(=O)O)c2s1. The second-order valence-electron chi connectivity index (χ2n) is 7.22. The monoisotopic (exact) mass is 427 g/mol. The van der Waals surface area contributed by atoms with Gasteiger partial charge in [0.2, 0.25) is 5.91 Å². The Hall–Kier alpha value is -2.81. The number of carbonyl (C=O) groups is 2. The molecule has 0 aliphatic heterocycles. The highest BCUT2D eigenvalue weighted by Crippen LogP contribution is 2.36. The van der Waals surface area contributed by atoms with E-state index in [-0.39, 0.29) is 11.5 Å². The number of ether oxygens (including phenoxy) is 1. The Labute approximate surface area is 179 Å². The number of carbonyl (C=O) groups excluding carboxylic acids is 1. The summed E-state index contributed by atoms with van der Waals surface area (Å²) in [5.74, 6) is -1.01. The molecule has 2 heterocycles. The molecule has 1 amide bonds. The molecule has 0 aliphatic rings. The summed E-state index contributed by atoms with van der Waals surface area (Å²) in [5.41, 5.74) is 2.43. The van der Waals surface area contributed by atoms with Gasteiger partial charge < -0.3 is 20.1 Å². The first kappa shape index (κ1) is 21.9. The van der Waals surface area contributed by atoms with E-state index in [2.05, 4.69) is 10.3 Å². The molecule has 0 saturated carbocycles. The van der Waals surface area contributed by atoms with Crippen LogP contribution in [-0.2, 0) is 9.53 Å². The van der Waals surface area contributed by atoms with Crippen molar-refractivity contribution in [2.24, 2.45) is 0 Å². The predicted molar refractivity (Wildman–Crippen MR) is 118 cm³/mol. The molecular weight excluding hydrogens is 402 g/mol. The molecule has 0 bridgehead atoms. The zero-order valence-electron chi connectivity index (χ0n) is 17.2. The lowest BCUT2D eigenvalue weighted by molar-refractivity contribution is -0.116. The Balaban J connectivity index is 1.81. The number of amides is 1. The molecule has 2 N–H and O–H groups in total. The minimum Gasteiger partial charge on any atom is -0.478 e. The van der Waals surface area contributed by atoms with Crippen molar-refractivity contribution in [2.45, 2.75) is 18.9 Å². The number of hydrogen-bond donors (Lipinski definition) is 2. The molecule has 2 aromatic heterocycles. The Morgan fingerprint density at radius 2 is 2.07 bits per heavy atom. The number of hydrogen-bond acceptors (Lipinski definition) is 6. The number of aromatic nitrogens is 1. The lowest BCUT2D eigenvalue weighted by Crippen LogP contribution is -2.17. The van der Waals surface area contributed by atoms with Crippen LogP contribution in [0, 0.1) is 0 Å². The number of anilines is 1. The van der Waals surface area contributed by atoms with Gasteiger partial charge in [0.25, 0.3) is 0 Å². The highest BCUT2D eigenvalue weighted by molar-refractivity contribution is 7.19. The molecule has 0 aliphatic carbocycles. The van der Waals surface area contributed by atoms with Crippen molar-refractivity contribution in [1.29, 1.82) is 0 Å². The van der Waals surface area contributed by atoms with Crippen molar-refractivity contribution in [3.05, 3.63) is 58.6 Å². The van der Waals surface area contributed by atoms with Crippen LogP contribution in [-0.4, -0.2) is 54.6 Å². The van der Waals surface area contributed by atoms with Crippen molar-refractivity contribution in [2.75, 3.05) is 33.1 Å². The molecule has 0 fully saturated rings. The van der Waals surface area contributed by atoms with Gasteiger partial charge in [-0.3, -0.25) is 9.78 Å². The number of nitrogens with zero attached hydrogens (tertiary/aromatic N) is 2. The minimum atomic E-state index is -0.983. The van der Waals surface area contributed by atoms with Gasteiger partial charge in [0, 0.05) is 30.3 Å². The maximum Gasteiger partial charge on any atom is 0.337 e. The van der Waals surface area contributed by atoms with Gasteiger partial charge >= 0.3 is 5.97 Å². The van der Waals surface area contributed by atoms with Gasteiger partial charge in [0.15, 0.2) is 0 Å². The lowest BCUT2D eigenvalue weighted by atomic mass is 10.1. The third kappa shape index (κ3) is 5.21. The van der Waals surface area contributed by atoms with Gasteiger partial charge in [-0.05, 0) is 56.9 Å². The smallest absolute Gasteiger partial charge is 0.337 e. The molecule has 1 atom stereocenters. The summed E-state index contributed by atoms with van der Waals surface area (Å²) < 4.78 is 6.34. The van der Waals surface area contributed by atoms with Crippen LogP contribution in [0.4, 0.5) is 5.69 Å². The lowest BCUT2D eigenvalue weighted by Gasteiger charge is -2.15. The van der Waals surface area contributed by atoms with E-state index in [1.807, 2.05) is 49.3 Å². The van der Waals surface area contributed by atoms with Crippen LogP contribution in [0.2, 0.25) is 0 Å². The molecule has 158 valence electrons. The summed E-state index contributed by atoms with van der Waals surface area (Å²) in [6.07, 6.45) is 2.35. The molecule has 7 nitrogen and oxygen atoms in total. The minimum absolute atomic E-state index is 0.0277. The average Bonchev–Trinajstić information content (AvgIpc) is 3.12. The van der Waals surface area contributed by atoms with Crippen molar-refractivity contribution in [3.63, 3.8) is 0 Å². The van der Waals surface area contributed by atoms with Crippen LogP contribution < -0.4 is 5.32 Å². The van der Waals surface area contributed by atoms with E-state index in [0.29, 0.717) is 22.3 Å². The van der Waals surface area contributed by atoms with E-state index in [9.17, 15) is 14.7 Å². The van der Waals surface area contributed by atoms with Crippen LogP contribution >= 0.6 is 11.3 Å². The number of pyridine rings is 1. The average molecular weight is 428 g/mol. The van der Waals surface area contributed by atoms with Gasteiger partial charge in [-0.1, -0.05) is 12.1 Å². The van der Waals surface area contributed by atoms with Crippen LogP contribution in [0.15, 0.2) is 42.6 Å². The number of rotatable bonds is 9. The van der Waals surface area contributed by atoms with E-state index in [0.717, 1.165) is 23.4 Å². The Morgan fingerprint density at radius 1 is 1.27 bits per heavy atom. The number of methoxy groups -OCH3 is 1. The number of carboxylic acid groups (broad SMARTS) is 1. The van der Waals surface area contributed by atoms with Crippen molar-refractivity contribution in [3.8, 4) is 0 Å². The number of carboxylic acids is 1. The van der Waals surface area contributed by atoms with E-state index in [4.69, 9.17) is 4.74 Å². The molecule has 0 spiro atoms. The summed E-state index contributed by atoms with van der Waals surface area (Å²) in [6, 6.07) is 10.9. The zero-order valence-corrected chi connectivity index (χ0v) is 18.0. The molecule has 30 heavy (non-hydrogen) atoms. The van der Waals surface area contributed by atoms with Crippen LogP contribution in [0.5, 0.6) is 0 Å². The summed E-state index contributed by atoms with van der Waals surface area (Å²) >= 11 is 1.35. The topological polar surface area (TPSA) is 91.8 Å². The third-order valence-electron chi connectivity index (χ3n) is 4.64. The fourth-order valence-electron chi connectivity index (χ4n) is 3.23. The van der Waals surface area contributed by atoms with Gasteiger partial charge in [0.1, 0.15) is 6.10 Å². The van der Waals surface area contributed by atoms with Gasteiger partial charge in [-0.25, -0.2) is 4.79 Å². The first-order chi connectivity index (χ1) is 14.4. The second-order valence-corrected chi connectivity index (χ2v) is 8.31. The number of aromatic carboxylic acids is 1. The van der Waals surface area contributed by atoms with E-state index in [1.165, 1.54) is 23.6 Å². The van der Waals surface area contributed by atoms with E-state index >= 15 is 0 Å². The third-order valence-corrected chi connectivity index (χ3v) is 5.84. The van der Waals surface area contributed by atoms with E-state index < -0.39 is 12.1 Å². The maximum atomic E-state index is 12.2. The number of nitrogens with one attached hydrogen (secondary N) is 1. The van der Waals surface area contributed by atoms with Crippen molar-refractivity contribution >= 4 is 39.1 Å². The first-order valence-corrected chi connectivity index (χ1v) is 10.4. The molecule has 8 heteroatoms. The van der Waals surface area contributed by atoms with Crippen molar-refractivity contribution < 1.29 is 19.4 Å². The highest BCUT2D eigenvalue weighted by atomic mass is 32.1. The van der Waals surface area contributed by atoms with Crippen LogP contribution in [0.1, 0.15) is 39.7 Å². The van der Waals surface area contributed by atoms with Crippen LogP contribution in [0.25, 0.3) is 10.2 Å². The highest BCUT2D eigenvalue weighted by Gasteiger charge is 2.20. The molecule has 0 radical (unpaired) electrons. The quantitative estimate of drug-likeness (QED) is 0.536. The maximum absolute atomic E-state index is 12.2. The van der Waals surface area contributed by atoms with Crippen molar-refractivity contribution in [1.82, 2.24) is 9.88 Å². The Morgan fingerprint density at radius 3 is 2.77 bits per heavy atom. The largest absolute Gasteiger partial charge is 0.478 e. The molecule has 0 unspecified atom stereocenters. The summed E-state index contributed by atoms with van der Waals surface area (Å²) in [7, 11) is 5.57. The fourth-order valence-corrected chi connectivity index (χ4v) is 4.46. The fraction of sp³-hybridized carbons (Fsp3) is 0.318. The first-order valence-electron chi connectivity index (χ1n) is 9.58. The molecule has 3 rings (SSSR count). The number of thiophene rings is 1. The van der Waals surface area contributed by atoms with Crippen LogP contribution in [0.3, 0.4) is 0 Å². The summed E-state index contributed by atoms with van der Waals surface area (Å²) in [4.78, 5) is 30.9. The normalized spacial score (nSPS) is 12.3. The summed E-state index contributed by atoms with van der Waals surface area (Å²) in [6.45, 7) is 0.859. The Kier molecular flexibility index (Phi) is 7.15. The molecule has 0 saturated heterocycles. The van der Waals surface area contributed by atoms with Gasteiger partial charge in [-0.15, -0.1) is 11.3 Å².